The van der Waals surface area contributed by atoms with Crippen LogP contribution in [0.15, 0.2) is 42.5 Å². The normalized spacial score (nSPS) is 12.2. The molecule has 0 spiro atoms. The third kappa shape index (κ3) is 3.24. The summed E-state index contributed by atoms with van der Waals surface area (Å²) < 4.78 is 5.30. The van der Waals surface area contributed by atoms with Crippen molar-refractivity contribution in [1.29, 1.82) is 0 Å². The van der Waals surface area contributed by atoms with Crippen molar-refractivity contribution < 1.29 is 4.74 Å². The lowest BCUT2D eigenvalue weighted by Gasteiger charge is -2.15. The van der Waals surface area contributed by atoms with Gasteiger partial charge in [0.1, 0.15) is 5.75 Å². The zero-order valence-corrected chi connectivity index (χ0v) is 13.9. The number of ether oxygens (including phenoxy) is 1. The van der Waals surface area contributed by atoms with Gasteiger partial charge in [-0.25, -0.2) is 0 Å². The maximum Gasteiger partial charge on any atom is 0.119 e. The molecule has 0 heterocycles. The van der Waals surface area contributed by atoms with Gasteiger partial charge in [0.25, 0.3) is 0 Å². The molecule has 0 saturated carbocycles. The summed E-state index contributed by atoms with van der Waals surface area (Å²) in [6, 6.07) is 15.0. The van der Waals surface area contributed by atoms with Gasteiger partial charge >= 0.3 is 0 Å². The molecule has 0 amide bonds. The Balaban J connectivity index is 2.34. The Morgan fingerprint density at radius 3 is 2.30 bits per heavy atom. The number of rotatable bonds is 5. The smallest absolute Gasteiger partial charge is 0.119 e. The van der Waals surface area contributed by atoms with Crippen LogP contribution >= 0.6 is 15.9 Å². The van der Waals surface area contributed by atoms with E-state index in [0.717, 1.165) is 18.6 Å². The summed E-state index contributed by atoms with van der Waals surface area (Å²) in [5.41, 5.74) is 5.40. The summed E-state index contributed by atoms with van der Waals surface area (Å²) in [6.07, 6.45) is 2.17. The van der Waals surface area contributed by atoms with Gasteiger partial charge in [0.2, 0.25) is 0 Å². The minimum absolute atomic E-state index is 0.203. The molecule has 2 rings (SSSR count). The molecule has 0 radical (unpaired) electrons. The van der Waals surface area contributed by atoms with Crippen LogP contribution in [0.4, 0.5) is 0 Å². The average molecular weight is 333 g/mol. The van der Waals surface area contributed by atoms with Crippen molar-refractivity contribution in [1.82, 2.24) is 0 Å². The summed E-state index contributed by atoms with van der Waals surface area (Å²) in [5, 5.41) is 0. The van der Waals surface area contributed by atoms with Crippen LogP contribution in [0.2, 0.25) is 0 Å². The molecule has 0 saturated heterocycles. The first-order valence-electron chi connectivity index (χ1n) is 7.09. The molecule has 2 aromatic rings. The number of hydrogen-bond acceptors (Lipinski definition) is 1. The van der Waals surface area contributed by atoms with Gasteiger partial charge in [-0.15, -0.1) is 0 Å². The zero-order valence-electron chi connectivity index (χ0n) is 12.3. The largest absolute Gasteiger partial charge is 0.497 e. The fourth-order valence-corrected chi connectivity index (χ4v) is 3.04. The van der Waals surface area contributed by atoms with Crippen LogP contribution in [0, 0.1) is 0 Å². The first kappa shape index (κ1) is 15.1. The van der Waals surface area contributed by atoms with Crippen LogP contribution in [-0.4, -0.2) is 7.11 Å². The predicted octanol–water partition coefficient (Wildman–Crippen LogP) is 5.30. The molecular weight excluding hydrogens is 312 g/mol. The van der Waals surface area contributed by atoms with Crippen molar-refractivity contribution in [2.24, 2.45) is 0 Å². The number of halogens is 1. The first-order valence-corrected chi connectivity index (χ1v) is 8.00. The third-order valence-electron chi connectivity index (χ3n) is 3.67. The number of hydrogen-bond donors (Lipinski definition) is 0. The summed E-state index contributed by atoms with van der Waals surface area (Å²) >= 11 is 3.81. The molecule has 20 heavy (non-hydrogen) atoms. The highest BCUT2D eigenvalue weighted by atomic mass is 79.9. The monoisotopic (exact) mass is 332 g/mol. The van der Waals surface area contributed by atoms with E-state index in [9.17, 15) is 0 Å². The van der Waals surface area contributed by atoms with E-state index in [-0.39, 0.29) is 4.83 Å². The highest BCUT2D eigenvalue weighted by Gasteiger charge is 2.12. The number of benzene rings is 2. The van der Waals surface area contributed by atoms with E-state index < -0.39 is 0 Å². The SMILES string of the molecule is CCc1ccc(C(Br)c2cccc(OC)c2)cc1CC. The molecule has 106 valence electrons. The molecule has 0 fully saturated rings. The van der Waals surface area contributed by atoms with Crippen molar-refractivity contribution in [3.05, 3.63) is 64.7 Å². The predicted molar refractivity (Wildman–Crippen MR) is 89.0 cm³/mol. The highest BCUT2D eigenvalue weighted by Crippen LogP contribution is 2.33. The highest BCUT2D eigenvalue weighted by molar-refractivity contribution is 9.09. The number of alkyl halides is 1. The molecule has 0 aliphatic heterocycles. The van der Waals surface area contributed by atoms with Crippen molar-refractivity contribution in [2.45, 2.75) is 31.5 Å². The molecule has 1 nitrogen and oxygen atoms in total. The molecule has 2 heteroatoms. The van der Waals surface area contributed by atoms with Crippen LogP contribution in [-0.2, 0) is 12.8 Å². The fraction of sp³-hybridized carbons (Fsp3) is 0.333. The van der Waals surface area contributed by atoms with Crippen molar-refractivity contribution in [2.75, 3.05) is 7.11 Å². The van der Waals surface area contributed by atoms with Crippen LogP contribution in [0.3, 0.4) is 0 Å². The van der Waals surface area contributed by atoms with Crippen LogP contribution in [0.1, 0.15) is 40.9 Å². The third-order valence-corrected chi connectivity index (χ3v) is 4.73. The van der Waals surface area contributed by atoms with Gasteiger partial charge in [0.15, 0.2) is 0 Å². The second kappa shape index (κ2) is 6.94. The second-order valence-corrected chi connectivity index (χ2v) is 5.79. The van der Waals surface area contributed by atoms with Crippen molar-refractivity contribution >= 4 is 15.9 Å². The molecule has 2 aromatic carbocycles. The summed E-state index contributed by atoms with van der Waals surface area (Å²) in [7, 11) is 1.70. The Morgan fingerprint density at radius 1 is 0.950 bits per heavy atom. The fourth-order valence-electron chi connectivity index (χ4n) is 2.47. The first-order chi connectivity index (χ1) is 9.69. The van der Waals surface area contributed by atoms with Crippen LogP contribution in [0.5, 0.6) is 5.75 Å². The quantitative estimate of drug-likeness (QED) is 0.674. The van der Waals surface area contributed by atoms with Gasteiger partial charge < -0.3 is 4.74 Å². The van der Waals surface area contributed by atoms with E-state index in [2.05, 4.69) is 60.1 Å². The Kier molecular flexibility index (Phi) is 5.24. The molecule has 0 aromatic heterocycles. The minimum Gasteiger partial charge on any atom is -0.497 e. The Hall–Kier alpha value is -1.28. The Bertz CT molecular complexity index is 577. The van der Waals surface area contributed by atoms with Crippen molar-refractivity contribution in [3.63, 3.8) is 0 Å². The number of aryl methyl sites for hydroxylation is 2. The van der Waals surface area contributed by atoms with Crippen LogP contribution in [0.25, 0.3) is 0 Å². The van der Waals surface area contributed by atoms with Crippen LogP contribution < -0.4 is 4.74 Å². The average Bonchev–Trinajstić information content (AvgIpc) is 2.53. The van der Waals surface area contributed by atoms with Gasteiger partial charge in [-0.05, 0) is 47.2 Å². The van der Waals surface area contributed by atoms with Gasteiger partial charge in [0.05, 0.1) is 11.9 Å². The molecule has 0 aliphatic carbocycles. The van der Waals surface area contributed by atoms with Gasteiger partial charge in [0, 0.05) is 0 Å². The molecule has 0 aliphatic rings. The van der Waals surface area contributed by atoms with E-state index in [1.54, 1.807) is 7.11 Å². The molecule has 1 unspecified atom stereocenters. The maximum atomic E-state index is 5.30. The summed E-state index contributed by atoms with van der Waals surface area (Å²) in [6.45, 7) is 4.43. The Labute approximate surface area is 130 Å². The van der Waals surface area contributed by atoms with E-state index in [4.69, 9.17) is 4.74 Å². The van der Waals surface area contributed by atoms with Gasteiger partial charge in [-0.3, -0.25) is 0 Å². The zero-order chi connectivity index (χ0) is 14.5. The topological polar surface area (TPSA) is 9.23 Å². The second-order valence-electron chi connectivity index (χ2n) is 4.87. The molecule has 0 bridgehead atoms. The number of methoxy groups -OCH3 is 1. The lowest BCUT2D eigenvalue weighted by atomic mass is 9.96. The van der Waals surface area contributed by atoms with Gasteiger partial charge in [-0.2, -0.15) is 0 Å². The molecule has 0 N–H and O–H groups in total. The summed E-state index contributed by atoms with van der Waals surface area (Å²) in [5.74, 6) is 0.896. The lowest BCUT2D eigenvalue weighted by molar-refractivity contribution is 0.414. The summed E-state index contributed by atoms with van der Waals surface area (Å²) in [4.78, 5) is 0.203. The van der Waals surface area contributed by atoms with E-state index in [0.29, 0.717) is 0 Å². The minimum atomic E-state index is 0.203. The van der Waals surface area contributed by atoms with Gasteiger partial charge in [-0.1, -0.05) is 60.1 Å². The maximum absolute atomic E-state index is 5.30. The Morgan fingerprint density at radius 2 is 1.65 bits per heavy atom. The lowest BCUT2D eigenvalue weighted by Crippen LogP contribution is -1.98. The van der Waals surface area contributed by atoms with E-state index >= 15 is 0 Å². The van der Waals surface area contributed by atoms with E-state index in [1.807, 2.05) is 12.1 Å². The van der Waals surface area contributed by atoms with E-state index in [1.165, 1.54) is 22.3 Å². The standard InChI is InChI=1S/C18H21BrO/c1-4-13-9-10-16(11-14(13)5-2)18(19)15-7-6-8-17(12-15)20-3/h6-12,18H,4-5H2,1-3H3. The molecule has 1 atom stereocenters. The molecular formula is C18H21BrO. The van der Waals surface area contributed by atoms with Crippen molar-refractivity contribution in [3.8, 4) is 5.75 Å².